The molecule has 0 aliphatic carbocycles. The molecule has 0 radical (unpaired) electrons. The summed E-state index contributed by atoms with van der Waals surface area (Å²) in [5.41, 5.74) is 0.815. The van der Waals surface area contributed by atoms with Gasteiger partial charge in [0.25, 0.3) is 0 Å². The lowest BCUT2D eigenvalue weighted by atomic mass is 10.1. The van der Waals surface area contributed by atoms with Gasteiger partial charge >= 0.3 is 0 Å². The number of aliphatic hydroxyl groups excluding tert-OH is 3. The van der Waals surface area contributed by atoms with Gasteiger partial charge in [-0.25, -0.2) is 9.97 Å². The molecule has 7 heteroatoms. The van der Waals surface area contributed by atoms with Crippen molar-refractivity contribution in [2.24, 2.45) is 0 Å². The molecule has 0 aromatic rings. The molecule has 3 heterocycles. The van der Waals surface area contributed by atoms with Gasteiger partial charge in [-0.15, -0.1) is 0 Å². The summed E-state index contributed by atoms with van der Waals surface area (Å²) in [5, 5.41) is 28.7. The number of hydrogen-bond acceptors (Lipinski definition) is 6. The third kappa shape index (κ3) is 1.60. The molecule has 0 amide bonds. The average Bonchev–Trinajstić information content (AvgIpc) is 2.96. The Bertz CT molecular complexity index is 517. The van der Waals surface area contributed by atoms with E-state index in [0.717, 1.165) is 5.56 Å². The van der Waals surface area contributed by atoms with Crippen molar-refractivity contribution in [3.05, 3.63) is 24.8 Å². The zero-order valence-corrected chi connectivity index (χ0v) is 9.42. The van der Waals surface area contributed by atoms with E-state index in [-0.39, 0.29) is 6.61 Å². The van der Waals surface area contributed by atoms with Crippen LogP contribution < -0.4 is 0 Å². The van der Waals surface area contributed by atoms with Gasteiger partial charge in [-0.1, -0.05) is 0 Å². The summed E-state index contributed by atoms with van der Waals surface area (Å²) in [4.78, 5) is 8.19. The quantitative estimate of drug-likeness (QED) is 0.632. The van der Waals surface area contributed by atoms with Crippen LogP contribution in [0.3, 0.4) is 0 Å². The topological polar surface area (TPSA) is 101 Å². The third-order valence-corrected chi connectivity index (χ3v) is 3.15. The lowest BCUT2D eigenvalue weighted by Crippen LogP contribution is -2.33. The Kier molecular flexibility index (Phi) is 2.75. The fourth-order valence-electron chi connectivity index (χ4n) is 2.19. The highest BCUT2D eigenvalue weighted by molar-refractivity contribution is 5.55. The number of hydrogen-bond donors (Lipinski definition) is 3. The lowest BCUT2D eigenvalue weighted by molar-refractivity contribution is -0.0529. The first-order valence-electron chi connectivity index (χ1n) is 5.61. The summed E-state index contributed by atoms with van der Waals surface area (Å²) in [6, 6.07) is 1.79. The highest BCUT2D eigenvalue weighted by atomic mass is 16.6. The van der Waals surface area contributed by atoms with Crippen molar-refractivity contribution in [3.8, 4) is 11.4 Å². The second-order valence-electron chi connectivity index (χ2n) is 4.25. The summed E-state index contributed by atoms with van der Waals surface area (Å²) in [5.74, 6) is 0.611. The minimum atomic E-state index is -1.13. The predicted molar refractivity (Wildman–Crippen MR) is 59.7 cm³/mol. The molecule has 0 unspecified atom stereocenters. The monoisotopic (exact) mass is 251 g/mol. The van der Waals surface area contributed by atoms with Crippen LogP contribution in [0.4, 0.5) is 0 Å². The van der Waals surface area contributed by atoms with E-state index in [1.54, 1.807) is 23.0 Å². The number of aromatic nitrogens is 3. The Morgan fingerprint density at radius 1 is 1.33 bits per heavy atom. The van der Waals surface area contributed by atoms with E-state index in [4.69, 9.17) is 9.84 Å². The molecule has 96 valence electrons. The molecular weight excluding hydrogens is 238 g/mol. The molecule has 3 rings (SSSR count). The van der Waals surface area contributed by atoms with Crippen LogP contribution in [0.25, 0.3) is 11.4 Å². The molecule has 0 aromatic carbocycles. The van der Waals surface area contributed by atoms with Crippen LogP contribution in [0.2, 0.25) is 0 Å². The van der Waals surface area contributed by atoms with Gasteiger partial charge in [-0.05, 0) is 6.07 Å². The van der Waals surface area contributed by atoms with Crippen molar-refractivity contribution in [2.75, 3.05) is 6.61 Å². The third-order valence-electron chi connectivity index (χ3n) is 3.15. The number of fused-ring (bicyclic) bond motifs is 1. The normalized spacial score (nSPS) is 32.2. The fourth-order valence-corrected chi connectivity index (χ4v) is 2.19. The van der Waals surface area contributed by atoms with Gasteiger partial charge in [0.15, 0.2) is 6.23 Å². The van der Waals surface area contributed by atoms with Crippen molar-refractivity contribution >= 4 is 0 Å². The molecule has 0 saturated carbocycles. The van der Waals surface area contributed by atoms with Crippen molar-refractivity contribution in [1.82, 2.24) is 14.5 Å². The first-order chi connectivity index (χ1) is 8.72. The first kappa shape index (κ1) is 11.5. The predicted octanol–water partition coefficient (Wildman–Crippen LogP) is -1.01. The van der Waals surface area contributed by atoms with E-state index < -0.39 is 24.5 Å². The molecule has 0 spiro atoms. The zero-order valence-electron chi connectivity index (χ0n) is 9.42. The van der Waals surface area contributed by atoms with E-state index in [1.165, 1.54) is 6.33 Å². The van der Waals surface area contributed by atoms with Gasteiger partial charge in [0, 0.05) is 18.0 Å². The second kappa shape index (κ2) is 4.29. The molecule has 0 bridgehead atoms. The van der Waals surface area contributed by atoms with Crippen LogP contribution in [0.15, 0.2) is 24.8 Å². The van der Waals surface area contributed by atoms with Gasteiger partial charge in [-0.3, -0.25) is 4.57 Å². The van der Waals surface area contributed by atoms with Gasteiger partial charge in [0.05, 0.1) is 12.9 Å². The molecular formula is C11H13N3O4. The molecule has 4 atom stereocenters. The Morgan fingerprint density at radius 2 is 2.17 bits per heavy atom. The van der Waals surface area contributed by atoms with Gasteiger partial charge in [0.2, 0.25) is 0 Å². The highest BCUT2D eigenvalue weighted by Crippen LogP contribution is 2.32. The Morgan fingerprint density at radius 3 is 2.89 bits per heavy atom. The molecule has 7 nitrogen and oxygen atoms in total. The van der Waals surface area contributed by atoms with E-state index in [9.17, 15) is 10.2 Å². The smallest absolute Gasteiger partial charge is 0.165 e. The number of aliphatic hydroxyl groups is 3. The van der Waals surface area contributed by atoms with Gasteiger partial charge in [0.1, 0.15) is 24.1 Å². The summed E-state index contributed by atoms with van der Waals surface area (Å²) >= 11 is 0. The van der Waals surface area contributed by atoms with Crippen LogP contribution >= 0.6 is 0 Å². The molecule has 3 N–H and O–H groups in total. The fraction of sp³-hybridized carbons (Fsp3) is 0.455. The van der Waals surface area contributed by atoms with Gasteiger partial charge in [-0.2, -0.15) is 0 Å². The Hall–Kier alpha value is -1.54. The molecule has 18 heavy (non-hydrogen) atoms. The van der Waals surface area contributed by atoms with Gasteiger partial charge < -0.3 is 20.1 Å². The first-order valence-corrected chi connectivity index (χ1v) is 5.61. The zero-order chi connectivity index (χ0) is 12.7. The average molecular weight is 251 g/mol. The molecule has 3 aliphatic rings. The second-order valence-corrected chi connectivity index (χ2v) is 4.25. The van der Waals surface area contributed by atoms with Crippen LogP contribution in [0.1, 0.15) is 6.23 Å². The van der Waals surface area contributed by atoms with Crippen LogP contribution in [0.5, 0.6) is 0 Å². The van der Waals surface area contributed by atoms with Crippen LogP contribution in [0, 0.1) is 0 Å². The number of rotatable bonds is 2. The number of nitrogens with zero attached hydrogens (tertiary/aromatic N) is 3. The SMILES string of the molecule is OC[C@H]1O[C@@H](n2cncc3ccnc2-3)[C@H](O)[C@@H]1O. The van der Waals surface area contributed by atoms with E-state index >= 15 is 0 Å². The molecule has 1 fully saturated rings. The van der Waals surface area contributed by atoms with Crippen LogP contribution in [-0.2, 0) is 4.74 Å². The summed E-state index contributed by atoms with van der Waals surface area (Å²) in [6.07, 6.45) is 0.903. The maximum Gasteiger partial charge on any atom is 0.165 e. The minimum absolute atomic E-state index is 0.354. The Balaban J connectivity index is 1.98. The Labute approximate surface area is 103 Å². The van der Waals surface area contributed by atoms with Crippen LogP contribution in [-0.4, -0.2) is 54.8 Å². The molecule has 3 aliphatic heterocycles. The highest BCUT2D eigenvalue weighted by Gasteiger charge is 2.44. The minimum Gasteiger partial charge on any atom is -0.394 e. The molecule has 1 saturated heterocycles. The summed E-state index contributed by atoms with van der Waals surface area (Å²) in [6.45, 7) is -0.354. The standard InChI is InChI=1S/C11H13N3O4/c15-4-7-8(16)9(17)11(18-7)14-5-12-3-6-1-2-13-10(6)14/h1-3,5,7-9,11,15-17H,4H2/t7-,8-,9-,11-/m1/s1. The maximum absolute atomic E-state index is 9.95. The van der Waals surface area contributed by atoms with E-state index in [1.807, 2.05) is 0 Å². The largest absolute Gasteiger partial charge is 0.394 e. The number of ether oxygens (including phenoxy) is 1. The summed E-state index contributed by atoms with van der Waals surface area (Å²) < 4.78 is 6.99. The van der Waals surface area contributed by atoms with Crippen molar-refractivity contribution in [3.63, 3.8) is 0 Å². The maximum atomic E-state index is 9.95. The lowest BCUT2D eigenvalue weighted by Gasteiger charge is -2.20. The van der Waals surface area contributed by atoms with Crippen molar-refractivity contribution in [1.29, 1.82) is 0 Å². The van der Waals surface area contributed by atoms with Crippen molar-refractivity contribution in [2.45, 2.75) is 24.5 Å². The van der Waals surface area contributed by atoms with E-state index in [0.29, 0.717) is 5.82 Å². The summed E-state index contributed by atoms with van der Waals surface area (Å²) in [7, 11) is 0. The molecule has 0 aromatic heterocycles. The van der Waals surface area contributed by atoms with Crippen molar-refractivity contribution < 1.29 is 20.1 Å². The van der Waals surface area contributed by atoms with E-state index in [2.05, 4.69) is 9.97 Å².